The SMILES string of the molecule is CC(C)(O)CCNc1nnc(Br)s1. The molecule has 0 aliphatic rings. The quantitative estimate of drug-likeness (QED) is 0.873. The molecular formula is C7H12BrN3OS. The summed E-state index contributed by atoms with van der Waals surface area (Å²) in [6, 6.07) is 0. The van der Waals surface area contributed by atoms with Gasteiger partial charge in [-0.05, 0) is 36.2 Å². The Balaban J connectivity index is 2.28. The third-order valence-corrected chi connectivity index (χ3v) is 2.73. The maximum atomic E-state index is 9.42. The van der Waals surface area contributed by atoms with Crippen molar-refractivity contribution in [2.75, 3.05) is 11.9 Å². The maximum absolute atomic E-state index is 9.42. The van der Waals surface area contributed by atoms with Crippen LogP contribution in [0.1, 0.15) is 20.3 Å². The van der Waals surface area contributed by atoms with Crippen LogP contribution in [0.3, 0.4) is 0 Å². The number of halogens is 1. The van der Waals surface area contributed by atoms with E-state index in [-0.39, 0.29) is 0 Å². The Morgan fingerprint density at radius 1 is 1.54 bits per heavy atom. The lowest BCUT2D eigenvalue weighted by molar-refractivity contribution is 0.0749. The van der Waals surface area contributed by atoms with Crippen LogP contribution in [0.4, 0.5) is 5.13 Å². The van der Waals surface area contributed by atoms with Gasteiger partial charge in [0, 0.05) is 6.54 Å². The van der Waals surface area contributed by atoms with E-state index in [4.69, 9.17) is 0 Å². The maximum Gasteiger partial charge on any atom is 0.206 e. The summed E-state index contributed by atoms with van der Waals surface area (Å²) in [7, 11) is 0. The smallest absolute Gasteiger partial charge is 0.206 e. The van der Waals surface area contributed by atoms with Gasteiger partial charge in [0.15, 0.2) is 3.92 Å². The van der Waals surface area contributed by atoms with Crippen molar-refractivity contribution in [2.45, 2.75) is 25.9 Å². The summed E-state index contributed by atoms with van der Waals surface area (Å²) in [5.74, 6) is 0. The molecule has 0 aliphatic carbocycles. The average Bonchev–Trinajstić information content (AvgIpc) is 2.33. The van der Waals surface area contributed by atoms with Gasteiger partial charge < -0.3 is 10.4 Å². The van der Waals surface area contributed by atoms with Gasteiger partial charge in [-0.2, -0.15) is 0 Å². The highest BCUT2D eigenvalue weighted by Crippen LogP contribution is 2.20. The number of aliphatic hydroxyl groups is 1. The highest BCUT2D eigenvalue weighted by atomic mass is 79.9. The first-order valence-electron chi connectivity index (χ1n) is 3.93. The molecule has 0 atom stereocenters. The number of nitrogens with one attached hydrogen (secondary N) is 1. The first kappa shape index (κ1) is 10.9. The van der Waals surface area contributed by atoms with Crippen molar-refractivity contribution in [1.29, 1.82) is 0 Å². The molecule has 0 amide bonds. The Bertz CT molecular complexity index is 271. The van der Waals surface area contributed by atoms with Crippen molar-refractivity contribution < 1.29 is 5.11 Å². The third-order valence-electron chi connectivity index (χ3n) is 1.41. The lowest BCUT2D eigenvalue weighted by Gasteiger charge is -2.16. The molecule has 0 unspecified atom stereocenters. The molecule has 0 aromatic carbocycles. The molecule has 1 aromatic rings. The summed E-state index contributed by atoms with van der Waals surface area (Å²) >= 11 is 4.66. The van der Waals surface area contributed by atoms with Crippen molar-refractivity contribution in [3.8, 4) is 0 Å². The fourth-order valence-corrected chi connectivity index (χ4v) is 1.79. The van der Waals surface area contributed by atoms with Crippen LogP contribution in [0.5, 0.6) is 0 Å². The van der Waals surface area contributed by atoms with E-state index in [2.05, 4.69) is 31.4 Å². The van der Waals surface area contributed by atoms with Crippen molar-refractivity contribution in [2.24, 2.45) is 0 Å². The van der Waals surface area contributed by atoms with Crippen molar-refractivity contribution in [3.63, 3.8) is 0 Å². The summed E-state index contributed by atoms with van der Waals surface area (Å²) in [6.07, 6.45) is 0.685. The number of aromatic nitrogens is 2. The molecule has 0 radical (unpaired) electrons. The zero-order chi connectivity index (χ0) is 9.90. The van der Waals surface area contributed by atoms with Crippen LogP contribution in [0.25, 0.3) is 0 Å². The molecular weight excluding hydrogens is 254 g/mol. The molecule has 13 heavy (non-hydrogen) atoms. The Hall–Kier alpha value is -0.200. The van der Waals surface area contributed by atoms with Gasteiger partial charge in [-0.3, -0.25) is 0 Å². The molecule has 0 spiro atoms. The molecule has 0 aliphatic heterocycles. The monoisotopic (exact) mass is 265 g/mol. The van der Waals surface area contributed by atoms with Crippen LogP contribution >= 0.6 is 27.3 Å². The molecule has 0 saturated carbocycles. The summed E-state index contributed by atoms with van der Waals surface area (Å²) in [5, 5.41) is 20.9. The minimum Gasteiger partial charge on any atom is -0.390 e. The summed E-state index contributed by atoms with van der Waals surface area (Å²) in [4.78, 5) is 0. The number of nitrogens with zero attached hydrogens (tertiary/aromatic N) is 2. The minimum absolute atomic E-state index is 0.630. The molecule has 2 N–H and O–H groups in total. The lowest BCUT2D eigenvalue weighted by Crippen LogP contribution is -2.22. The third kappa shape index (κ3) is 4.54. The first-order chi connectivity index (χ1) is 5.97. The Morgan fingerprint density at radius 2 is 2.23 bits per heavy atom. The highest BCUT2D eigenvalue weighted by Gasteiger charge is 2.11. The van der Waals surface area contributed by atoms with E-state index < -0.39 is 5.60 Å². The summed E-state index contributed by atoms with van der Waals surface area (Å²) in [5.41, 5.74) is -0.630. The second kappa shape index (κ2) is 4.34. The Labute approximate surface area is 89.5 Å². The predicted octanol–water partition coefficient (Wildman–Crippen LogP) is 1.87. The van der Waals surface area contributed by atoms with Crippen LogP contribution in [0.15, 0.2) is 3.92 Å². The molecule has 0 bridgehead atoms. The lowest BCUT2D eigenvalue weighted by atomic mass is 10.1. The summed E-state index contributed by atoms with van der Waals surface area (Å²) in [6.45, 7) is 4.26. The van der Waals surface area contributed by atoms with Crippen LogP contribution in [0, 0.1) is 0 Å². The predicted molar refractivity (Wildman–Crippen MR) is 57.0 cm³/mol. The topological polar surface area (TPSA) is 58.0 Å². The molecule has 74 valence electrons. The van der Waals surface area contributed by atoms with Crippen LogP contribution in [0.2, 0.25) is 0 Å². The number of anilines is 1. The Morgan fingerprint density at radius 3 is 2.69 bits per heavy atom. The number of hydrogen-bond acceptors (Lipinski definition) is 5. The summed E-state index contributed by atoms with van der Waals surface area (Å²) < 4.78 is 0.762. The zero-order valence-corrected chi connectivity index (χ0v) is 9.94. The van der Waals surface area contributed by atoms with Gasteiger partial charge in [0.2, 0.25) is 5.13 Å². The van der Waals surface area contributed by atoms with Gasteiger partial charge in [0.1, 0.15) is 0 Å². The van der Waals surface area contributed by atoms with Gasteiger partial charge in [0.05, 0.1) is 5.60 Å². The highest BCUT2D eigenvalue weighted by molar-refractivity contribution is 9.11. The molecule has 6 heteroatoms. The van der Waals surface area contributed by atoms with E-state index in [0.29, 0.717) is 13.0 Å². The van der Waals surface area contributed by atoms with Crippen LogP contribution in [-0.2, 0) is 0 Å². The molecule has 4 nitrogen and oxygen atoms in total. The van der Waals surface area contributed by atoms with E-state index >= 15 is 0 Å². The van der Waals surface area contributed by atoms with Gasteiger partial charge in [-0.25, -0.2) is 0 Å². The normalized spacial score (nSPS) is 11.7. The average molecular weight is 266 g/mol. The Kier molecular flexibility index (Phi) is 3.63. The molecule has 1 aromatic heterocycles. The largest absolute Gasteiger partial charge is 0.390 e. The molecule has 0 fully saturated rings. The zero-order valence-electron chi connectivity index (χ0n) is 7.54. The van der Waals surface area contributed by atoms with E-state index in [0.717, 1.165) is 9.05 Å². The van der Waals surface area contributed by atoms with Crippen molar-refractivity contribution >= 4 is 32.4 Å². The van der Waals surface area contributed by atoms with Crippen molar-refractivity contribution in [1.82, 2.24) is 10.2 Å². The van der Waals surface area contributed by atoms with Crippen LogP contribution in [-0.4, -0.2) is 27.4 Å². The van der Waals surface area contributed by atoms with Crippen LogP contribution < -0.4 is 5.32 Å². The first-order valence-corrected chi connectivity index (χ1v) is 5.53. The van der Waals surface area contributed by atoms with E-state index in [9.17, 15) is 5.11 Å². The second-order valence-corrected chi connectivity index (χ2v) is 5.60. The fraction of sp³-hybridized carbons (Fsp3) is 0.714. The minimum atomic E-state index is -0.630. The fourth-order valence-electron chi connectivity index (χ4n) is 0.752. The van der Waals surface area contributed by atoms with Gasteiger partial charge in [-0.15, -0.1) is 10.2 Å². The van der Waals surface area contributed by atoms with Gasteiger partial charge in [-0.1, -0.05) is 11.3 Å². The van der Waals surface area contributed by atoms with Gasteiger partial charge >= 0.3 is 0 Å². The van der Waals surface area contributed by atoms with Gasteiger partial charge in [0.25, 0.3) is 0 Å². The van der Waals surface area contributed by atoms with E-state index in [1.807, 2.05) is 0 Å². The van der Waals surface area contributed by atoms with Crippen molar-refractivity contribution in [3.05, 3.63) is 3.92 Å². The van der Waals surface area contributed by atoms with E-state index in [1.54, 1.807) is 13.8 Å². The molecule has 1 heterocycles. The molecule has 0 saturated heterocycles. The number of hydrogen-bond donors (Lipinski definition) is 2. The number of rotatable bonds is 4. The molecule has 1 rings (SSSR count). The second-order valence-electron chi connectivity index (χ2n) is 3.35. The van der Waals surface area contributed by atoms with E-state index in [1.165, 1.54) is 11.3 Å². The standard InChI is InChI=1S/C7H12BrN3OS/c1-7(2,12)3-4-9-6-11-10-5(8)13-6/h12H,3-4H2,1-2H3,(H,9,11).